The van der Waals surface area contributed by atoms with Gasteiger partial charge in [-0.15, -0.1) is 0 Å². The largest absolute Gasteiger partial charge is 0.398 e. The fourth-order valence-electron chi connectivity index (χ4n) is 1.88. The third kappa shape index (κ3) is 5.34. The molecule has 0 bridgehead atoms. The number of carbonyl (C=O) groups is 1. The molecule has 1 aromatic carbocycles. The Morgan fingerprint density at radius 1 is 1.38 bits per heavy atom. The van der Waals surface area contributed by atoms with Crippen molar-refractivity contribution in [2.45, 2.75) is 39.7 Å². The average Bonchev–Trinajstić information content (AvgIpc) is 2.43. The lowest BCUT2D eigenvalue weighted by Gasteiger charge is -2.20. The lowest BCUT2D eigenvalue weighted by molar-refractivity contribution is 0.0952. The van der Waals surface area contributed by atoms with Crippen LogP contribution in [0.4, 0.5) is 10.1 Å². The van der Waals surface area contributed by atoms with Crippen molar-refractivity contribution >= 4 is 11.6 Å². The van der Waals surface area contributed by atoms with Gasteiger partial charge in [-0.05, 0) is 59.3 Å². The summed E-state index contributed by atoms with van der Waals surface area (Å²) in [7, 11) is 2.08. The Morgan fingerprint density at radius 2 is 2.05 bits per heavy atom. The minimum atomic E-state index is -0.446. The van der Waals surface area contributed by atoms with Crippen molar-refractivity contribution in [3.05, 3.63) is 29.1 Å². The predicted octanol–water partition coefficient (Wildman–Crippen LogP) is 2.57. The Morgan fingerprint density at radius 3 is 2.62 bits per heavy atom. The molecule has 21 heavy (non-hydrogen) atoms. The second-order valence-electron chi connectivity index (χ2n) is 5.71. The molecule has 0 unspecified atom stereocenters. The summed E-state index contributed by atoms with van der Waals surface area (Å²) in [6.07, 6.45) is 1.91. The van der Waals surface area contributed by atoms with Gasteiger partial charge in [-0.3, -0.25) is 4.79 Å². The molecular weight excluding hydrogens is 269 g/mol. The van der Waals surface area contributed by atoms with Crippen LogP contribution in [-0.2, 0) is 0 Å². The van der Waals surface area contributed by atoms with E-state index in [1.54, 1.807) is 6.92 Å². The Hall–Kier alpha value is -1.62. The van der Waals surface area contributed by atoms with Gasteiger partial charge in [0.25, 0.3) is 5.91 Å². The summed E-state index contributed by atoms with van der Waals surface area (Å²) in [6, 6.07) is 3.27. The van der Waals surface area contributed by atoms with Crippen LogP contribution in [0, 0.1) is 12.7 Å². The van der Waals surface area contributed by atoms with Gasteiger partial charge in [-0.25, -0.2) is 4.39 Å². The van der Waals surface area contributed by atoms with Crippen molar-refractivity contribution in [1.82, 2.24) is 10.2 Å². The van der Waals surface area contributed by atoms with Crippen LogP contribution in [0.5, 0.6) is 0 Å². The summed E-state index contributed by atoms with van der Waals surface area (Å²) in [6.45, 7) is 7.48. The number of hydrogen-bond acceptors (Lipinski definition) is 3. The third-order valence-corrected chi connectivity index (χ3v) is 3.75. The van der Waals surface area contributed by atoms with E-state index in [0.717, 1.165) is 19.4 Å². The molecule has 0 saturated heterocycles. The lowest BCUT2D eigenvalue weighted by Crippen LogP contribution is -2.29. The molecule has 3 N–H and O–H groups in total. The van der Waals surface area contributed by atoms with Gasteiger partial charge in [0.15, 0.2) is 0 Å². The molecule has 0 fully saturated rings. The lowest BCUT2D eigenvalue weighted by atomic mass is 10.1. The molecule has 5 heteroatoms. The van der Waals surface area contributed by atoms with Gasteiger partial charge in [0.05, 0.1) is 0 Å². The number of carbonyl (C=O) groups excluding carboxylic acids is 1. The quantitative estimate of drug-likeness (QED) is 0.600. The minimum absolute atomic E-state index is 0.273. The minimum Gasteiger partial charge on any atom is -0.398 e. The van der Waals surface area contributed by atoms with E-state index in [1.165, 1.54) is 12.1 Å². The summed E-state index contributed by atoms with van der Waals surface area (Å²) >= 11 is 0. The van der Waals surface area contributed by atoms with E-state index in [0.29, 0.717) is 23.8 Å². The Labute approximate surface area is 126 Å². The number of benzene rings is 1. The number of nitrogens with two attached hydrogens (primary N) is 1. The number of anilines is 1. The smallest absolute Gasteiger partial charge is 0.251 e. The summed E-state index contributed by atoms with van der Waals surface area (Å²) in [5, 5.41) is 2.80. The molecule has 0 aliphatic rings. The molecule has 118 valence electrons. The average molecular weight is 295 g/mol. The summed E-state index contributed by atoms with van der Waals surface area (Å²) < 4.78 is 13.5. The van der Waals surface area contributed by atoms with Crippen LogP contribution in [0.3, 0.4) is 0 Å². The highest BCUT2D eigenvalue weighted by Crippen LogP contribution is 2.17. The molecule has 0 aliphatic carbocycles. The monoisotopic (exact) mass is 295 g/mol. The second-order valence-corrected chi connectivity index (χ2v) is 5.71. The zero-order valence-electron chi connectivity index (χ0n) is 13.4. The first kappa shape index (κ1) is 17.4. The van der Waals surface area contributed by atoms with Crippen molar-refractivity contribution in [1.29, 1.82) is 0 Å². The maximum absolute atomic E-state index is 13.5. The molecule has 0 aliphatic heterocycles. The summed E-state index contributed by atoms with van der Waals surface area (Å²) in [4.78, 5) is 14.2. The molecule has 0 heterocycles. The van der Waals surface area contributed by atoms with E-state index in [2.05, 4.69) is 31.1 Å². The number of hydrogen-bond donors (Lipinski definition) is 2. The molecule has 1 aromatic rings. The van der Waals surface area contributed by atoms with Gasteiger partial charge in [0.2, 0.25) is 0 Å². The first-order chi connectivity index (χ1) is 9.82. The number of unbranched alkanes of at least 4 members (excludes halogenated alkanes) is 1. The van der Waals surface area contributed by atoms with Crippen LogP contribution < -0.4 is 11.1 Å². The highest BCUT2D eigenvalue weighted by atomic mass is 19.1. The SMILES string of the molecule is Cc1c(N)cc(C(=O)NCCCCN(C)C(C)C)cc1F. The van der Waals surface area contributed by atoms with Gasteiger partial charge >= 0.3 is 0 Å². The fraction of sp³-hybridized carbons (Fsp3) is 0.562. The van der Waals surface area contributed by atoms with Crippen LogP contribution in [-0.4, -0.2) is 37.0 Å². The maximum atomic E-state index is 13.5. The number of halogens is 1. The molecule has 4 nitrogen and oxygen atoms in total. The number of rotatable bonds is 7. The van der Waals surface area contributed by atoms with Gasteiger partial charge in [0.1, 0.15) is 5.82 Å². The molecular formula is C16H26FN3O. The van der Waals surface area contributed by atoms with Crippen molar-refractivity contribution in [2.75, 3.05) is 25.9 Å². The Bertz CT molecular complexity index is 465. The first-order valence-corrected chi connectivity index (χ1v) is 7.37. The second kappa shape index (κ2) is 7.98. The molecule has 0 atom stereocenters. The van der Waals surface area contributed by atoms with Gasteiger partial charge < -0.3 is 16.0 Å². The van der Waals surface area contributed by atoms with Crippen LogP contribution in [0.1, 0.15) is 42.6 Å². The number of nitrogens with one attached hydrogen (secondary N) is 1. The van der Waals surface area contributed by atoms with E-state index in [-0.39, 0.29) is 11.5 Å². The molecule has 0 saturated carbocycles. The predicted molar refractivity (Wildman–Crippen MR) is 84.9 cm³/mol. The van der Waals surface area contributed by atoms with Crippen LogP contribution in [0.15, 0.2) is 12.1 Å². The topological polar surface area (TPSA) is 58.4 Å². The van der Waals surface area contributed by atoms with Crippen molar-refractivity contribution in [2.24, 2.45) is 0 Å². The summed E-state index contributed by atoms with van der Waals surface area (Å²) in [5.74, 6) is -0.725. The van der Waals surface area contributed by atoms with E-state index in [1.807, 2.05) is 0 Å². The molecule has 0 radical (unpaired) electrons. The highest BCUT2D eigenvalue weighted by Gasteiger charge is 2.10. The molecule has 1 amide bonds. The van der Waals surface area contributed by atoms with E-state index < -0.39 is 5.82 Å². The standard InChI is InChI=1S/C16H26FN3O/c1-11(2)20(4)8-6-5-7-19-16(21)13-9-14(17)12(3)15(18)10-13/h9-11H,5-8,18H2,1-4H3,(H,19,21). The Kier molecular flexibility index (Phi) is 6.62. The highest BCUT2D eigenvalue weighted by molar-refractivity contribution is 5.95. The molecule has 0 spiro atoms. The first-order valence-electron chi connectivity index (χ1n) is 7.37. The van der Waals surface area contributed by atoms with Crippen molar-refractivity contribution < 1.29 is 9.18 Å². The number of amides is 1. The van der Waals surface area contributed by atoms with Crippen LogP contribution >= 0.6 is 0 Å². The third-order valence-electron chi connectivity index (χ3n) is 3.75. The zero-order chi connectivity index (χ0) is 16.0. The van der Waals surface area contributed by atoms with Gasteiger partial charge in [-0.1, -0.05) is 0 Å². The van der Waals surface area contributed by atoms with E-state index in [9.17, 15) is 9.18 Å². The normalized spacial score (nSPS) is 11.2. The van der Waals surface area contributed by atoms with Crippen molar-refractivity contribution in [3.63, 3.8) is 0 Å². The Balaban J connectivity index is 2.38. The number of nitrogens with zero attached hydrogens (tertiary/aromatic N) is 1. The van der Waals surface area contributed by atoms with E-state index in [4.69, 9.17) is 5.73 Å². The van der Waals surface area contributed by atoms with Crippen LogP contribution in [0.25, 0.3) is 0 Å². The van der Waals surface area contributed by atoms with Crippen LogP contribution in [0.2, 0.25) is 0 Å². The number of nitrogen functional groups attached to an aromatic ring is 1. The zero-order valence-corrected chi connectivity index (χ0v) is 13.4. The van der Waals surface area contributed by atoms with Gasteiger partial charge in [0, 0.05) is 29.4 Å². The molecule has 1 rings (SSSR count). The summed E-state index contributed by atoms with van der Waals surface area (Å²) in [5.41, 5.74) is 6.63. The van der Waals surface area contributed by atoms with Crippen molar-refractivity contribution in [3.8, 4) is 0 Å². The van der Waals surface area contributed by atoms with E-state index >= 15 is 0 Å². The maximum Gasteiger partial charge on any atom is 0.251 e. The van der Waals surface area contributed by atoms with Gasteiger partial charge in [-0.2, -0.15) is 0 Å². The molecule has 0 aromatic heterocycles. The fourth-order valence-corrected chi connectivity index (χ4v) is 1.88.